The van der Waals surface area contributed by atoms with Crippen molar-refractivity contribution in [1.29, 1.82) is 0 Å². The molecular weight excluding hydrogens is 414 g/mol. The molecule has 2 heterocycles. The summed E-state index contributed by atoms with van der Waals surface area (Å²) in [6.07, 6.45) is 1.45. The third-order valence-corrected chi connectivity index (χ3v) is 6.70. The van der Waals surface area contributed by atoms with E-state index in [1.54, 1.807) is 0 Å². The van der Waals surface area contributed by atoms with Crippen LogP contribution in [0.15, 0.2) is 23.1 Å². The van der Waals surface area contributed by atoms with Crippen molar-refractivity contribution in [2.24, 2.45) is 0 Å². The minimum absolute atomic E-state index is 0.0175. The molecule has 1 atom stereocenters. The lowest BCUT2D eigenvalue weighted by molar-refractivity contribution is -0.141. The summed E-state index contributed by atoms with van der Waals surface area (Å²) in [5.74, 6) is -1.74. The number of carbonyl (C=O) groups is 4. The Hall–Kier alpha value is -2.79. The first kappa shape index (κ1) is 21.9. The monoisotopic (exact) mass is 437 g/mol. The number of nitrogens with zero attached hydrogens (tertiary/aromatic N) is 1. The molecule has 1 aromatic rings. The average Bonchev–Trinajstić information content (AvgIpc) is 3.04. The van der Waals surface area contributed by atoms with Gasteiger partial charge in [-0.1, -0.05) is 6.07 Å². The third-order valence-electron chi connectivity index (χ3n) is 5.16. The summed E-state index contributed by atoms with van der Waals surface area (Å²) >= 11 is 0. The number of methoxy groups -OCH3 is 1. The van der Waals surface area contributed by atoms with E-state index < -0.39 is 27.9 Å². The Kier molecular flexibility index (Phi) is 6.52. The number of fused-ring (bicyclic) bond motifs is 1. The molecule has 1 saturated heterocycles. The molecule has 2 aliphatic heterocycles. The highest BCUT2D eigenvalue weighted by Gasteiger charge is 2.41. The van der Waals surface area contributed by atoms with Crippen molar-refractivity contribution in [3.05, 3.63) is 29.3 Å². The van der Waals surface area contributed by atoms with Gasteiger partial charge in [0.2, 0.25) is 21.8 Å². The minimum atomic E-state index is -3.89. The number of benzene rings is 1. The normalized spacial score (nSPS) is 18.9. The second-order valence-corrected chi connectivity index (χ2v) is 8.85. The molecule has 0 radical (unpaired) electrons. The van der Waals surface area contributed by atoms with Gasteiger partial charge in [0.15, 0.2) is 0 Å². The van der Waals surface area contributed by atoms with Crippen LogP contribution in [0.3, 0.4) is 0 Å². The predicted octanol–water partition coefficient (Wildman–Crippen LogP) is 0.0692. The molecule has 3 amide bonds. The van der Waals surface area contributed by atoms with Gasteiger partial charge < -0.3 is 9.64 Å². The fraction of sp³-hybridized carbons (Fsp3) is 0.474. The molecule has 1 aromatic carbocycles. The van der Waals surface area contributed by atoms with E-state index in [0.717, 1.165) is 0 Å². The number of nitrogens with one attached hydrogen (secondary N) is 2. The summed E-state index contributed by atoms with van der Waals surface area (Å²) in [6, 6.07) is 3.61. The number of ether oxygens (including phenoxy) is 1. The molecule has 11 heteroatoms. The Bertz CT molecular complexity index is 990. The molecule has 2 N–H and O–H groups in total. The lowest BCUT2D eigenvalue weighted by Crippen LogP contribution is -2.52. The number of carbonyl (C=O) groups excluding carboxylic acids is 4. The minimum Gasteiger partial charge on any atom is -0.469 e. The van der Waals surface area contributed by atoms with Crippen molar-refractivity contribution >= 4 is 33.7 Å². The van der Waals surface area contributed by atoms with Crippen LogP contribution in [0, 0.1) is 0 Å². The Morgan fingerprint density at radius 2 is 2.03 bits per heavy atom. The van der Waals surface area contributed by atoms with Gasteiger partial charge in [0.05, 0.1) is 12.0 Å². The van der Waals surface area contributed by atoms with E-state index in [0.29, 0.717) is 18.4 Å². The van der Waals surface area contributed by atoms with Crippen molar-refractivity contribution in [2.75, 3.05) is 13.7 Å². The van der Waals surface area contributed by atoms with Crippen molar-refractivity contribution < 1.29 is 32.3 Å². The maximum absolute atomic E-state index is 12.8. The molecule has 1 unspecified atom stereocenters. The Morgan fingerprint density at radius 3 is 2.73 bits per heavy atom. The fourth-order valence-electron chi connectivity index (χ4n) is 3.59. The first-order chi connectivity index (χ1) is 14.2. The molecule has 0 spiro atoms. The molecule has 162 valence electrons. The Labute approximate surface area is 174 Å². The molecule has 1 fully saturated rings. The smallest absolute Gasteiger partial charge is 0.305 e. The number of amides is 3. The molecular formula is C19H23N3O7S. The van der Waals surface area contributed by atoms with E-state index in [-0.39, 0.29) is 54.7 Å². The highest BCUT2D eigenvalue weighted by Crippen LogP contribution is 2.31. The van der Waals surface area contributed by atoms with Gasteiger partial charge in [-0.05, 0) is 31.4 Å². The topological polar surface area (TPSA) is 139 Å². The van der Waals surface area contributed by atoms with Crippen LogP contribution in [0.1, 0.15) is 48.0 Å². The van der Waals surface area contributed by atoms with E-state index >= 15 is 0 Å². The van der Waals surface area contributed by atoms with Crippen LogP contribution < -0.4 is 10.0 Å². The average molecular weight is 437 g/mol. The van der Waals surface area contributed by atoms with Crippen LogP contribution in [-0.4, -0.2) is 56.7 Å². The molecule has 0 aliphatic carbocycles. The standard InChI is InChI=1S/C19H23N3O7S/c1-29-17(24)7-2-3-10-20-30(27,28)15-6-4-5-12-13(15)11-22(19(12)26)14-8-9-16(23)21-18(14)25/h4-6,14,20H,2-3,7-11H2,1H3,(H,21,23,25). The van der Waals surface area contributed by atoms with Gasteiger partial charge in [-0.3, -0.25) is 24.5 Å². The van der Waals surface area contributed by atoms with E-state index in [1.807, 2.05) is 0 Å². The zero-order chi connectivity index (χ0) is 21.9. The predicted molar refractivity (Wildman–Crippen MR) is 104 cm³/mol. The molecule has 0 bridgehead atoms. The molecule has 3 rings (SSSR count). The van der Waals surface area contributed by atoms with Crippen molar-refractivity contribution in [3.8, 4) is 0 Å². The Balaban J connectivity index is 1.71. The van der Waals surface area contributed by atoms with Crippen molar-refractivity contribution in [1.82, 2.24) is 14.9 Å². The first-order valence-electron chi connectivity index (χ1n) is 9.57. The SMILES string of the molecule is COC(=O)CCCCNS(=O)(=O)c1cccc2c1CN(C1CCC(=O)NC1=O)C2=O. The zero-order valence-corrected chi connectivity index (χ0v) is 17.3. The van der Waals surface area contributed by atoms with Gasteiger partial charge in [0.25, 0.3) is 5.91 Å². The van der Waals surface area contributed by atoms with Crippen LogP contribution in [0.25, 0.3) is 0 Å². The lowest BCUT2D eigenvalue weighted by Gasteiger charge is -2.29. The number of hydrogen-bond acceptors (Lipinski definition) is 7. The van der Waals surface area contributed by atoms with Crippen LogP contribution >= 0.6 is 0 Å². The quantitative estimate of drug-likeness (QED) is 0.333. The van der Waals surface area contributed by atoms with Gasteiger partial charge in [0.1, 0.15) is 6.04 Å². The maximum atomic E-state index is 12.8. The number of esters is 1. The van der Waals surface area contributed by atoms with Crippen LogP contribution in [0.4, 0.5) is 0 Å². The number of hydrogen-bond donors (Lipinski definition) is 2. The summed E-state index contributed by atoms with van der Waals surface area (Å²) < 4.78 is 32.6. The summed E-state index contributed by atoms with van der Waals surface area (Å²) in [6.45, 7) is 0.105. The molecule has 2 aliphatic rings. The lowest BCUT2D eigenvalue weighted by atomic mass is 10.0. The van der Waals surface area contributed by atoms with Gasteiger partial charge >= 0.3 is 5.97 Å². The van der Waals surface area contributed by atoms with Crippen LogP contribution in [0.2, 0.25) is 0 Å². The molecule has 0 saturated carbocycles. The number of piperidine rings is 1. The number of imide groups is 1. The maximum Gasteiger partial charge on any atom is 0.305 e. The highest BCUT2D eigenvalue weighted by atomic mass is 32.2. The van der Waals surface area contributed by atoms with E-state index in [1.165, 1.54) is 30.2 Å². The highest BCUT2D eigenvalue weighted by molar-refractivity contribution is 7.89. The third kappa shape index (κ3) is 4.51. The first-order valence-corrected chi connectivity index (χ1v) is 11.1. The zero-order valence-electron chi connectivity index (χ0n) is 16.5. The van der Waals surface area contributed by atoms with Gasteiger partial charge in [0, 0.05) is 37.1 Å². The summed E-state index contributed by atoms with van der Waals surface area (Å²) in [5.41, 5.74) is 0.558. The van der Waals surface area contributed by atoms with Gasteiger partial charge in [-0.25, -0.2) is 13.1 Å². The number of rotatable bonds is 8. The fourth-order valence-corrected chi connectivity index (χ4v) is 4.91. The largest absolute Gasteiger partial charge is 0.469 e. The number of sulfonamides is 1. The summed E-state index contributed by atoms with van der Waals surface area (Å²) in [4.78, 5) is 48.7. The van der Waals surface area contributed by atoms with Gasteiger partial charge in [-0.2, -0.15) is 0 Å². The number of unbranched alkanes of at least 4 members (excludes halogenated alkanes) is 1. The second-order valence-electron chi connectivity index (χ2n) is 7.11. The van der Waals surface area contributed by atoms with Crippen molar-refractivity contribution in [3.63, 3.8) is 0 Å². The van der Waals surface area contributed by atoms with Crippen LogP contribution in [0.5, 0.6) is 0 Å². The van der Waals surface area contributed by atoms with Crippen LogP contribution in [-0.2, 0) is 35.7 Å². The van der Waals surface area contributed by atoms with E-state index in [9.17, 15) is 27.6 Å². The van der Waals surface area contributed by atoms with E-state index in [4.69, 9.17) is 0 Å². The van der Waals surface area contributed by atoms with Crippen molar-refractivity contribution in [2.45, 2.75) is 49.6 Å². The van der Waals surface area contributed by atoms with Gasteiger partial charge in [-0.15, -0.1) is 0 Å². The summed E-state index contributed by atoms with van der Waals surface area (Å²) in [7, 11) is -2.60. The molecule has 30 heavy (non-hydrogen) atoms. The summed E-state index contributed by atoms with van der Waals surface area (Å²) in [5, 5.41) is 2.22. The molecule has 0 aromatic heterocycles. The second kappa shape index (κ2) is 8.92. The Morgan fingerprint density at radius 1 is 1.27 bits per heavy atom. The molecule has 10 nitrogen and oxygen atoms in total. The van der Waals surface area contributed by atoms with E-state index in [2.05, 4.69) is 14.8 Å².